The van der Waals surface area contributed by atoms with E-state index in [0.29, 0.717) is 11.5 Å². The zero-order valence-electron chi connectivity index (χ0n) is 11.4. The predicted molar refractivity (Wildman–Crippen MR) is 75.3 cm³/mol. The van der Waals surface area contributed by atoms with Crippen molar-refractivity contribution in [2.24, 2.45) is 11.6 Å². The van der Waals surface area contributed by atoms with Gasteiger partial charge in [-0.15, -0.1) is 0 Å². The van der Waals surface area contributed by atoms with Crippen molar-refractivity contribution in [2.45, 2.75) is 19.9 Å². The Morgan fingerprint density at radius 3 is 2.42 bits per heavy atom. The molecule has 0 saturated heterocycles. The zero-order chi connectivity index (χ0) is 14.2. The summed E-state index contributed by atoms with van der Waals surface area (Å²) in [6, 6.07) is 7.53. The average Bonchev–Trinajstić information content (AvgIpc) is 2.40. The quantitative estimate of drug-likeness (QED) is 0.467. The SMILES string of the molecule is CC(=O)c1ccc(C2=CC(C)[N+](C)=C(N)N2N)cc1. The van der Waals surface area contributed by atoms with E-state index in [0.717, 1.165) is 11.3 Å². The van der Waals surface area contributed by atoms with Gasteiger partial charge < -0.3 is 0 Å². The van der Waals surface area contributed by atoms with E-state index in [1.54, 1.807) is 19.1 Å². The highest BCUT2D eigenvalue weighted by Crippen LogP contribution is 2.21. The second kappa shape index (κ2) is 4.85. The Bertz CT molecular complexity index is 572. The maximum atomic E-state index is 11.3. The predicted octanol–water partition coefficient (Wildman–Crippen LogP) is 0.765. The van der Waals surface area contributed by atoms with Crippen molar-refractivity contribution < 1.29 is 9.37 Å². The molecule has 19 heavy (non-hydrogen) atoms. The number of benzene rings is 1. The van der Waals surface area contributed by atoms with Gasteiger partial charge in [-0.1, -0.05) is 24.3 Å². The van der Waals surface area contributed by atoms with Crippen LogP contribution >= 0.6 is 0 Å². The number of nitrogens with zero attached hydrogens (tertiary/aromatic N) is 2. The molecule has 1 aliphatic rings. The number of carbonyl (C=O) groups is 1. The molecular weight excluding hydrogens is 240 g/mol. The van der Waals surface area contributed by atoms with E-state index in [1.165, 1.54) is 5.01 Å². The lowest BCUT2D eigenvalue weighted by molar-refractivity contribution is -0.528. The number of nitrogens with two attached hydrogens (primary N) is 2. The van der Waals surface area contributed by atoms with Crippen molar-refractivity contribution >= 4 is 17.4 Å². The Labute approximate surface area is 112 Å². The number of hydrogen-bond acceptors (Lipinski definition) is 4. The molecule has 0 aliphatic carbocycles. The summed E-state index contributed by atoms with van der Waals surface area (Å²) in [4.78, 5) is 11.3. The lowest BCUT2D eigenvalue weighted by Gasteiger charge is -2.24. The standard InChI is InChI=1S/C14H18N4O/c1-9-8-13(18(16)14(15)17(9)3)12-6-4-11(5-7-12)10(2)19/h4-9,15H,16H2,1-3H3/p+1. The normalized spacial score (nSPS) is 19.5. The molecular formula is C14H19N4O+. The third-order valence-corrected chi connectivity index (χ3v) is 3.46. The van der Waals surface area contributed by atoms with Crippen LogP contribution in [0.1, 0.15) is 29.8 Å². The van der Waals surface area contributed by atoms with Crippen LogP contribution in [0.25, 0.3) is 5.70 Å². The Morgan fingerprint density at radius 1 is 1.32 bits per heavy atom. The molecule has 1 atom stereocenters. The van der Waals surface area contributed by atoms with Crippen LogP contribution in [-0.4, -0.2) is 34.4 Å². The van der Waals surface area contributed by atoms with Crippen molar-refractivity contribution in [3.8, 4) is 0 Å². The van der Waals surface area contributed by atoms with Crippen LogP contribution in [0.4, 0.5) is 0 Å². The number of ketones is 1. The van der Waals surface area contributed by atoms with Crippen LogP contribution < -0.4 is 11.6 Å². The number of hydrazine groups is 1. The van der Waals surface area contributed by atoms with E-state index in [-0.39, 0.29) is 11.8 Å². The summed E-state index contributed by atoms with van der Waals surface area (Å²) in [5.41, 5.74) is 8.44. The van der Waals surface area contributed by atoms with Gasteiger partial charge in [-0.05, 0) is 19.9 Å². The monoisotopic (exact) mass is 259 g/mol. The Hall–Kier alpha value is -2.14. The van der Waals surface area contributed by atoms with Crippen LogP contribution in [0.3, 0.4) is 0 Å². The molecule has 0 bridgehead atoms. The van der Waals surface area contributed by atoms with Gasteiger partial charge in [0.2, 0.25) is 0 Å². The summed E-state index contributed by atoms with van der Waals surface area (Å²) >= 11 is 0. The average molecular weight is 259 g/mol. The number of hydrogen-bond donors (Lipinski definition) is 2. The van der Waals surface area contributed by atoms with Crippen molar-refractivity contribution in [2.75, 3.05) is 7.05 Å². The molecule has 1 aliphatic heterocycles. The topological polar surface area (TPSA) is 75.4 Å². The van der Waals surface area contributed by atoms with Gasteiger partial charge in [0, 0.05) is 11.1 Å². The van der Waals surface area contributed by atoms with Crippen molar-refractivity contribution in [3.05, 3.63) is 41.5 Å². The van der Waals surface area contributed by atoms with E-state index in [9.17, 15) is 4.79 Å². The molecule has 0 spiro atoms. The smallest absolute Gasteiger partial charge is 0.295 e. The minimum atomic E-state index is 0.0490. The van der Waals surface area contributed by atoms with E-state index in [4.69, 9.17) is 11.6 Å². The van der Waals surface area contributed by atoms with Crippen molar-refractivity contribution in [1.29, 1.82) is 0 Å². The first-order valence-electron chi connectivity index (χ1n) is 6.15. The fraction of sp³-hybridized carbons (Fsp3) is 0.286. The molecule has 1 aromatic rings. The molecule has 0 aromatic heterocycles. The van der Waals surface area contributed by atoms with Crippen molar-refractivity contribution in [3.63, 3.8) is 0 Å². The van der Waals surface area contributed by atoms with Gasteiger partial charge in [0.1, 0.15) is 5.70 Å². The fourth-order valence-electron chi connectivity index (χ4n) is 2.03. The van der Waals surface area contributed by atoms with Crippen LogP contribution in [0, 0.1) is 0 Å². The van der Waals surface area contributed by atoms with Crippen LogP contribution in [0.5, 0.6) is 0 Å². The van der Waals surface area contributed by atoms with Gasteiger partial charge in [0.05, 0.1) is 13.1 Å². The summed E-state index contributed by atoms with van der Waals surface area (Å²) < 4.78 is 1.90. The summed E-state index contributed by atoms with van der Waals surface area (Å²) in [6.07, 6.45) is 2.04. The molecule has 0 radical (unpaired) electrons. The van der Waals surface area contributed by atoms with Crippen LogP contribution in [0.2, 0.25) is 0 Å². The molecule has 5 heteroatoms. The Morgan fingerprint density at radius 2 is 1.89 bits per heavy atom. The molecule has 1 aromatic carbocycles. The summed E-state index contributed by atoms with van der Waals surface area (Å²) in [5.74, 6) is 6.55. The highest BCUT2D eigenvalue weighted by Gasteiger charge is 2.27. The molecule has 0 saturated carbocycles. The van der Waals surface area contributed by atoms with E-state index in [1.807, 2.05) is 36.8 Å². The molecule has 5 nitrogen and oxygen atoms in total. The number of Topliss-reactive ketones (excluding diaryl/α,β-unsaturated/α-hetero) is 1. The Kier molecular flexibility index (Phi) is 3.40. The third-order valence-electron chi connectivity index (χ3n) is 3.46. The lowest BCUT2D eigenvalue weighted by atomic mass is 10.0. The Balaban J connectivity index is 2.37. The van der Waals surface area contributed by atoms with Crippen molar-refractivity contribution in [1.82, 2.24) is 5.01 Å². The molecule has 0 fully saturated rings. The third kappa shape index (κ3) is 2.37. The summed E-state index contributed by atoms with van der Waals surface area (Å²) in [6.45, 7) is 3.59. The number of guanidine groups is 1. The summed E-state index contributed by atoms with van der Waals surface area (Å²) in [5, 5.41) is 1.46. The number of carbonyl (C=O) groups excluding carboxylic acids is 1. The van der Waals surface area contributed by atoms with E-state index in [2.05, 4.69) is 0 Å². The molecule has 100 valence electrons. The van der Waals surface area contributed by atoms with E-state index < -0.39 is 0 Å². The second-order valence-electron chi connectivity index (χ2n) is 4.77. The van der Waals surface area contributed by atoms with Crippen LogP contribution in [-0.2, 0) is 0 Å². The van der Waals surface area contributed by atoms with Gasteiger partial charge in [-0.25, -0.2) is 0 Å². The lowest BCUT2D eigenvalue weighted by Crippen LogP contribution is -2.51. The molecule has 0 amide bonds. The van der Waals surface area contributed by atoms with Gasteiger partial charge >= 0.3 is 5.96 Å². The van der Waals surface area contributed by atoms with E-state index >= 15 is 0 Å². The summed E-state index contributed by atoms with van der Waals surface area (Å²) in [7, 11) is 1.89. The first-order valence-corrected chi connectivity index (χ1v) is 6.15. The molecule has 4 N–H and O–H groups in total. The minimum absolute atomic E-state index is 0.0490. The number of rotatable bonds is 2. The van der Waals surface area contributed by atoms with Gasteiger partial charge in [-0.2, -0.15) is 10.9 Å². The fourth-order valence-corrected chi connectivity index (χ4v) is 2.03. The first kappa shape index (κ1) is 13.3. The largest absolute Gasteiger partial charge is 0.368 e. The minimum Gasteiger partial charge on any atom is -0.295 e. The van der Waals surface area contributed by atoms with Gasteiger partial charge in [-0.3, -0.25) is 15.1 Å². The maximum absolute atomic E-state index is 11.3. The van der Waals surface area contributed by atoms with Gasteiger partial charge in [0.25, 0.3) is 0 Å². The van der Waals surface area contributed by atoms with Gasteiger partial charge in [0.15, 0.2) is 5.78 Å². The zero-order valence-corrected chi connectivity index (χ0v) is 11.4. The first-order chi connectivity index (χ1) is 8.91. The second-order valence-corrected chi connectivity index (χ2v) is 4.77. The highest BCUT2D eigenvalue weighted by molar-refractivity contribution is 5.94. The molecule has 1 unspecified atom stereocenters. The molecule has 2 rings (SSSR count). The maximum Gasteiger partial charge on any atom is 0.368 e. The number of likely N-dealkylation sites (N-methyl/N-ethyl adjacent to an activating group) is 1. The molecule has 1 heterocycles. The van der Waals surface area contributed by atoms with Crippen LogP contribution in [0.15, 0.2) is 30.3 Å². The highest BCUT2D eigenvalue weighted by atomic mass is 16.1.